The van der Waals surface area contributed by atoms with E-state index in [1.165, 1.54) is 22.7 Å². The minimum absolute atomic E-state index is 0.486. The summed E-state index contributed by atoms with van der Waals surface area (Å²) in [6.07, 6.45) is 1.47. The molecule has 0 aliphatic heterocycles. The van der Waals surface area contributed by atoms with Crippen molar-refractivity contribution in [1.29, 1.82) is 0 Å². The molecule has 4 heteroatoms. The molecule has 0 aliphatic carbocycles. The molecular formula is C16H14ClN3. The molecule has 3 rings (SSSR count). The number of nitrogens with one attached hydrogen (secondary N) is 1. The number of nitrogens with zero attached hydrogens (tertiary/aromatic N) is 2. The molecule has 0 unspecified atom stereocenters. The van der Waals surface area contributed by atoms with Crippen LogP contribution in [0.3, 0.4) is 0 Å². The summed E-state index contributed by atoms with van der Waals surface area (Å²) in [6.45, 7) is 2.61. The van der Waals surface area contributed by atoms with Crippen molar-refractivity contribution >= 4 is 28.2 Å². The average molecular weight is 284 g/mol. The molecule has 20 heavy (non-hydrogen) atoms. The normalized spacial score (nSPS) is 10.7. The third-order valence-corrected chi connectivity index (χ3v) is 3.73. The molecular weight excluding hydrogens is 270 g/mol. The molecule has 1 N–H and O–H groups in total. The molecule has 0 spiro atoms. The smallest absolute Gasteiger partial charge is 0.137 e. The van der Waals surface area contributed by atoms with Crippen LogP contribution >= 0.6 is 11.6 Å². The van der Waals surface area contributed by atoms with Crippen LogP contribution in [0.5, 0.6) is 0 Å². The van der Waals surface area contributed by atoms with E-state index in [0.29, 0.717) is 11.7 Å². The van der Waals surface area contributed by atoms with Gasteiger partial charge in [-0.25, -0.2) is 9.97 Å². The molecule has 0 bridgehead atoms. The summed E-state index contributed by atoms with van der Waals surface area (Å²) in [5.41, 5.74) is 2.10. The molecule has 100 valence electrons. The summed E-state index contributed by atoms with van der Waals surface area (Å²) < 4.78 is 0. The van der Waals surface area contributed by atoms with Crippen molar-refractivity contribution in [2.75, 3.05) is 5.32 Å². The molecule has 0 atom stereocenters. The summed E-state index contributed by atoms with van der Waals surface area (Å²) in [5.74, 6) is 0.776. The van der Waals surface area contributed by atoms with Crippen molar-refractivity contribution in [1.82, 2.24) is 9.97 Å². The maximum Gasteiger partial charge on any atom is 0.137 e. The Hall–Kier alpha value is -2.13. The van der Waals surface area contributed by atoms with Gasteiger partial charge in [-0.05, 0) is 23.3 Å². The molecule has 0 saturated carbocycles. The van der Waals surface area contributed by atoms with Gasteiger partial charge in [0, 0.05) is 12.1 Å². The van der Waals surface area contributed by atoms with Gasteiger partial charge in [0.15, 0.2) is 0 Å². The van der Waals surface area contributed by atoms with Gasteiger partial charge in [0.1, 0.15) is 17.3 Å². The van der Waals surface area contributed by atoms with Gasteiger partial charge in [-0.3, -0.25) is 0 Å². The third-order valence-electron chi connectivity index (χ3n) is 3.35. The summed E-state index contributed by atoms with van der Waals surface area (Å²) >= 11 is 6.00. The van der Waals surface area contributed by atoms with Gasteiger partial charge < -0.3 is 5.32 Å². The number of rotatable bonds is 3. The van der Waals surface area contributed by atoms with Crippen LogP contribution in [0.25, 0.3) is 10.8 Å². The van der Waals surface area contributed by atoms with Crippen molar-refractivity contribution < 1.29 is 0 Å². The van der Waals surface area contributed by atoms with Crippen molar-refractivity contribution in [2.24, 2.45) is 0 Å². The van der Waals surface area contributed by atoms with Crippen LogP contribution in [0.1, 0.15) is 11.1 Å². The van der Waals surface area contributed by atoms with E-state index >= 15 is 0 Å². The van der Waals surface area contributed by atoms with Gasteiger partial charge in [-0.15, -0.1) is 0 Å². The van der Waals surface area contributed by atoms with Gasteiger partial charge in [0.05, 0.1) is 0 Å². The standard InChI is InChI=1S/C16H14ClN3/c1-11-15(17)19-10-20-16(11)18-9-13-7-4-6-12-5-2-3-8-14(12)13/h2-8,10H,9H2,1H3,(H,18,19,20). The number of halogens is 1. The number of aromatic nitrogens is 2. The van der Waals surface area contributed by atoms with Crippen molar-refractivity contribution in [3.63, 3.8) is 0 Å². The summed E-state index contributed by atoms with van der Waals surface area (Å²) in [5, 5.41) is 6.30. The first-order chi connectivity index (χ1) is 9.75. The lowest BCUT2D eigenvalue weighted by Gasteiger charge is -2.10. The Balaban J connectivity index is 1.89. The zero-order valence-electron chi connectivity index (χ0n) is 11.1. The molecule has 3 nitrogen and oxygen atoms in total. The summed E-state index contributed by atoms with van der Waals surface area (Å²) in [7, 11) is 0. The fourth-order valence-electron chi connectivity index (χ4n) is 2.23. The van der Waals surface area contributed by atoms with Crippen LogP contribution in [0.15, 0.2) is 48.8 Å². The number of hydrogen-bond donors (Lipinski definition) is 1. The Morgan fingerprint density at radius 3 is 2.75 bits per heavy atom. The topological polar surface area (TPSA) is 37.8 Å². The first-order valence-corrected chi connectivity index (χ1v) is 6.81. The maximum atomic E-state index is 6.00. The lowest BCUT2D eigenvalue weighted by molar-refractivity contribution is 1.07. The molecule has 0 fully saturated rings. The highest BCUT2D eigenvalue weighted by Gasteiger charge is 2.05. The second kappa shape index (κ2) is 5.47. The molecule has 0 radical (unpaired) electrons. The second-order valence-corrected chi connectivity index (χ2v) is 4.99. The quantitative estimate of drug-likeness (QED) is 0.732. The highest BCUT2D eigenvalue weighted by Crippen LogP contribution is 2.21. The third kappa shape index (κ3) is 2.45. The van der Waals surface area contributed by atoms with Gasteiger partial charge in [-0.2, -0.15) is 0 Å². The molecule has 1 aromatic heterocycles. The Morgan fingerprint density at radius 1 is 1.05 bits per heavy atom. The Bertz CT molecular complexity index is 750. The van der Waals surface area contributed by atoms with E-state index in [0.717, 1.165) is 11.4 Å². The van der Waals surface area contributed by atoms with E-state index < -0.39 is 0 Å². The number of hydrogen-bond acceptors (Lipinski definition) is 3. The molecule has 2 aromatic carbocycles. The fraction of sp³-hybridized carbons (Fsp3) is 0.125. The van der Waals surface area contributed by atoms with E-state index in [2.05, 4.69) is 51.7 Å². The van der Waals surface area contributed by atoms with Gasteiger partial charge >= 0.3 is 0 Å². The lowest BCUT2D eigenvalue weighted by atomic mass is 10.0. The SMILES string of the molecule is Cc1c(Cl)ncnc1NCc1cccc2ccccc12. The number of anilines is 1. The van der Waals surface area contributed by atoms with E-state index in [4.69, 9.17) is 11.6 Å². The predicted octanol–water partition coefficient (Wildman–Crippen LogP) is 4.20. The monoisotopic (exact) mass is 283 g/mol. The molecule has 3 aromatic rings. The number of benzene rings is 2. The fourth-order valence-corrected chi connectivity index (χ4v) is 2.37. The first-order valence-electron chi connectivity index (χ1n) is 6.43. The lowest BCUT2D eigenvalue weighted by Crippen LogP contribution is -2.04. The predicted molar refractivity (Wildman–Crippen MR) is 83.1 cm³/mol. The van der Waals surface area contributed by atoms with Crippen LogP contribution < -0.4 is 5.32 Å². The molecule has 0 amide bonds. The van der Waals surface area contributed by atoms with E-state index in [1.54, 1.807) is 0 Å². The largest absolute Gasteiger partial charge is 0.366 e. The van der Waals surface area contributed by atoms with Crippen molar-refractivity contribution in [3.05, 3.63) is 65.1 Å². The highest BCUT2D eigenvalue weighted by atomic mass is 35.5. The van der Waals surface area contributed by atoms with Gasteiger partial charge in [0.2, 0.25) is 0 Å². The van der Waals surface area contributed by atoms with Crippen LogP contribution in [0, 0.1) is 6.92 Å². The highest BCUT2D eigenvalue weighted by molar-refractivity contribution is 6.30. The van der Waals surface area contributed by atoms with Crippen molar-refractivity contribution in [2.45, 2.75) is 13.5 Å². The van der Waals surface area contributed by atoms with Gasteiger partial charge in [-0.1, -0.05) is 54.1 Å². The Morgan fingerprint density at radius 2 is 1.85 bits per heavy atom. The van der Waals surface area contributed by atoms with Crippen LogP contribution in [0.2, 0.25) is 5.15 Å². The summed E-state index contributed by atoms with van der Waals surface area (Å²) in [6, 6.07) is 14.7. The van der Waals surface area contributed by atoms with E-state index in [1.807, 2.05) is 13.0 Å². The molecule has 1 heterocycles. The second-order valence-electron chi connectivity index (χ2n) is 4.63. The average Bonchev–Trinajstić information content (AvgIpc) is 2.49. The number of fused-ring (bicyclic) bond motifs is 1. The Labute approximate surface area is 122 Å². The zero-order valence-corrected chi connectivity index (χ0v) is 11.9. The van der Waals surface area contributed by atoms with E-state index in [9.17, 15) is 0 Å². The first kappa shape index (κ1) is 12.9. The van der Waals surface area contributed by atoms with Crippen LogP contribution in [-0.4, -0.2) is 9.97 Å². The van der Waals surface area contributed by atoms with Crippen LogP contribution in [-0.2, 0) is 6.54 Å². The molecule has 0 aliphatic rings. The van der Waals surface area contributed by atoms with Crippen molar-refractivity contribution in [3.8, 4) is 0 Å². The molecule has 0 saturated heterocycles. The van der Waals surface area contributed by atoms with Gasteiger partial charge in [0.25, 0.3) is 0 Å². The Kier molecular flexibility index (Phi) is 3.52. The minimum Gasteiger partial charge on any atom is -0.366 e. The summed E-state index contributed by atoms with van der Waals surface area (Å²) in [4.78, 5) is 8.19. The van der Waals surface area contributed by atoms with Crippen LogP contribution in [0.4, 0.5) is 5.82 Å². The minimum atomic E-state index is 0.486. The maximum absolute atomic E-state index is 6.00. The zero-order chi connectivity index (χ0) is 13.9. The van der Waals surface area contributed by atoms with E-state index in [-0.39, 0.29) is 0 Å².